The first-order chi connectivity index (χ1) is 8.63. The Balaban J connectivity index is 2.19. The molecule has 0 aliphatic rings. The summed E-state index contributed by atoms with van der Waals surface area (Å²) in [5.74, 6) is -0.0605. The summed E-state index contributed by atoms with van der Waals surface area (Å²) in [6.45, 7) is 0. The molecule has 6 nitrogen and oxygen atoms in total. The third kappa shape index (κ3) is 1.60. The van der Waals surface area contributed by atoms with Crippen LogP contribution in [-0.2, 0) is 0 Å². The number of aromatic hydroxyl groups is 3. The standard InChI is InChI=1S/C12H9N3O3/c16-7-1-3-9-10(5-7)14-15(13-9)11-4-2-8(17)6-12(11)18/h1-6,16-18H. The van der Waals surface area contributed by atoms with Crippen molar-refractivity contribution in [2.24, 2.45) is 0 Å². The predicted octanol–water partition coefficient (Wildman–Crippen LogP) is 1.54. The van der Waals surface area contributed by atoms with E-state index in [1.165, 1.54) is 35.1 Å². The van der Waals surface area contributed by atoms with Gasteiger partial charge in [0.15, 0.2) is 0 Å². The van der Waals surface area contributed by atoms with Crippen molar-refractivity contribution < 1.29 is 15.3 Å². The van der Waals surface area contributed by atoms with Gasteiger partial charge in [0.1, 0.15) is 34.0 Å². The van der Waals surface area contributed by atoms with Gasteiger partial charge in [-0.1, -0.05) is 0 Å². The quantitative estimate of drug-likeness (QED) is 0.603. The van der Waals surface area contributed by atoms with Gasteiger partial charge < -0.3 is 15.3 Å². The normalized spacial score (nSPS) is 10.9. The van der Waals surface area contributed by atoms with Crippen molar-refractivity contribution in [3.63, 3.8) is 0 Å². The molecule has 0 spiro atoms. The lowest BCUT2D eigenvalue weighted by molar-refractivity contribution is 0.446. The first-order valence-corrected chi connectivity index (χ1v) is 5.22. The number of phenolic OH excluding ortho intramolecular Hbond substituents is 3. The highest BCUT2D eigenvalue weighted by molar-refractivity contribution is 5.75. The van der Waals surface area contributed by atoms with Crippen molar-refractivity contribution in [1.29, 1.82) is 0 Å². The summed E-state index contributed by atoms with van der Waals surface area (Å²) in [5, 5.41) is 36.6. The largest absolute Gasteiger partial charge is 0.508 e. The maximum Gasteiger partial charge on any atom is 0.146 e. The van der Waals surface area contributed by atoms with E-state index in [1.807, 2.05) is 0 Å². The second kappa shape index (κ2) is 3.63. The minimum Gasteiger partial charge on any atom is -0.508 e. The summed E-state index contributed by atoms with van der Waals surface area (Å²) in [6.07, 6.45) is 0. The molecule has 6 heteroatoms. The van der Waals surface area contributed by atoms with Gasteiger partial charge in [-0.2, -0.15) is 0 Å². The van der Waals surface area contributed by atoms with Crippen LogP contribution in [0.1, 0.15) is 0 Å². The van der Waals surface area contributed by atoms with Crippen molar-refractivity contribution in [2.45, 2.75) is 0 Å². The highest BCUT2D eigenvalue weighted by atomic mass is 16.3. The Kier molecular flexibility index (Phi) is 2.09. The molecule has 3 N–H and O–H groups in total. The molecular weight excluding hydrogens is 234 g/mol. The molecule has 3 rings (SSSR count). The molecule has 0 saturated carbocycles. The fraction of sp³-hybridized carbons (Fsp3) is 0. The van der Waals surface area contributed by atoms with Gasteiger partial charge in [-0.15, -0.1) is 15.0 Å². The average molecular weight is 243 g/mol. The molecule has 0 radical (unpaired) electrons. The van der Waals surface area contributed by atoms with E-state index in [2.05, 4.69) is 10.2 Å². The van der Waals surface area contributed by atoms with Gasteiger partial charge in [-0.3, -0.25) is 0 Å². The van der Waals surface area contributed by atoms with E-state index in [0.717, 1.165) is 0 Å². The SMILES string of the molecule is Oc1ccc(-n2nc3ccc(O)cc3n2)c(O)c1. The molecule has 0 saturated heterocycles. The van der Waals surface area contributed by atoms with Gasteiger partial charge >= 0.3 is 0 Å². The number of nitrogens with zero attached hydrogens (tertiary/aromatic N) is 3. The van der Waals surface area contributed by atoms with Gasteiger partial charge in [0.05, 0.1) is 0 Å². The second-order valence-electron chi connectivity index (χ2n) is 3.84. The number of hydrogen-bond acceptors (Lipinski definition) is 5. The molecule has 0 aliphatic carbocycles. The first kappa shape index (κ1) is 10.4. The number of benzene rings is 2. The Morgan fingerprint density at radius 1 is 0.778 bits per heavy atom. The summed E-state index contributed by atoms with van der Waals surface area (Å²) in [5.41, 5.74) is 1.46. The molecule has 0 fully saturated rings. The van der Waals surface area contributed by atoms with Crippen LogP contribution in [0.15, 0.2) is 36.4 Å². The second-order valence-corrected chi connectivity index (χ2v) is 3.84. The zero-order chi connectivity index (χ0) is 12.7. The molecule has 3 aromatic rings. The Labute approximate surface area is 101 Å². The van der Waals surface area contributed by atoms with Gasteiger partial charge in [0.25, 0.3) is 0 Å². The van der Waals surface area contributed by atoms with Crippen LogP contribution in [0.25, 0.3) is 16.7 Å². The minimum atomic E-state index is -0.125. The van der Waals surface area contributed by atoms with Crippen LogP contribution < -0.4 is 0 Å². The number of phenols is 3. The average Bonchev–Trinajstić information content (AvgIpc) is 2.71. The summed E-state index contributed by atoms with van der Waals surface area (Å²) < 4.78 is 0. The number of hydrogen-bond donors (Lipinski definition) is 3. The van der Waals surface area contributed by atoms with E-state index in [0.29, 0.717) is 16.7 Å². The molecule has 0 bridgehead atoms. The monoisotopic (exact) mass is 243 g/mol. The van der Waals surface area contributed by atoms with Crippen molar-refractivity contribution in [3.8, 4) is 22.9 Å². The summed E-state index contributed by atoms with van der Waals surface area (Å²) in [4.78, 5) is 1.25. The van der Waals surface area contributed by atoms with E-state index in [-0.39, 0.29) is 17.2 Å². The van der Waals surface area contributed by atoms with Crippen LogP contribution in [0.2, 0.25) is 0 Å². The highest BCUT2D eigenvalue weighted by Crippen LogP contribution is 2.26. The van der Waals surface area contributed by atoms with Crippen LogP contribution in [-0.4, -0.2) is 30.3 Å². The summed E-state index contributed by atoms with van der Waals surface area (Å²) in [6, 6.07) is 8.77. The van der Waals surface area contributed by atoms with E-state index in [9.17, 15) is 15.3 Å². The molecule has 1 heterocycles. The molecule has 1 aromatic heterocycles. The third-order valence-corrected chi connectivity index (χ3v) is 2.54. The Bertz CT molecular complexity index is 737. The van der Waals surface area contributed by atoms with Crippen molar-refractivity contribution in [2.75, 3.05) is 0 Å². The Morgan fingerprint density at radius 2 is 1.44 bits per heavy atom. The van der Waals surface area contributed by atoms with E-state index < -0.39 is 0 Å². The molecule has 0 unspecified atom stereocenters. The summed E-state index contributed by atoms with van der Waals surface area (Å²) >= 11 is 0. The van der Waals surface area contributed by atoms with Gasteiger partial charge in [-0.25, -0.2) is 0 Å². The maximum absolute atomic E-state index is 9.71. The smallest absolute Gasteiger partial charge is 0.146 e. The van der Waals surface area contributed by atoms with E-state index in [1.54, 1.807) is 6.07 Å². The number of rotatable bonds is 1. The fourth-order valence-corrected chi connectivity index (χ4v) is 1.69. The maximum atomic E-state index is 9.71. The lowest BCUT2D eigenvalue weighted by atomic mass is 10.3. The van der Waals surface area contributed by atoms with Crippen LogP contribution in [0.5, 0.6) is 17.2 Å². The van der Waals surface area contributed by atoms with E-state index in [4.69, 9.17) is 0 Å². The van der Waals surface area contributed by atoms with Crippen molar-refractivity contribution in [1.82, 2.24) is 15.0 Å². The van der Waals surface area contributed by atoms with Gasteiger partial charge in [0, 0.05) is 12.1 Å². The van der Waals surface area contributed by atoms with E-state index >= 15 is 0 Å². The minimum absolute atomic E-state index is 0.0365. The van der Waals surface area contributed by atoms with Crippen LogP contribution in [0, 0.1) is 0 Å². The number of fused-ring (bicyclic) bond motifs is 1. The van der Waals surface area contributed by atoms with Crippen molar-refractivity contribution in [3.05, 3.63) is 36.4 Å². The molecule has 0 aliphatic heterocycles. The van der Waals surface area contributed by atoms with Gasteiger partial charge in [0.2, 0.25) is 0 Å². The van der Waals surface area contributed by atoms with Crippen LogP contribution in [0.3, 0.4) is 0 Å². The van der Waals surface area contributed by atoms with Crippen LogP contribution in [0.4, 0.5) is 0 Å². The van der Waals surface area contributed by atoms with Gasteiger partial charge in [-0.05, 0) is 24.3 Å². The Hall–Kier alpha value is -2.76. The zero-order valence-corrected chi connectivity index (χ0v) is 9.15. The Morgan fingerprint density at radius 3 is 2.22 bits per heavy atom. The van der Waals surface area contributed by atoms with Crippen LogP contribution >= 0.6 is 0 Å². The molecule has 18 heavy (non-hydrogen) atoms. The topological polar surface area (TPSA) is 91.4 Å². The predicted molar refractivity (Wildman–Crippen MR) is 63.9 cm³/mol. The fourth-order valence-electron chi connectivity index (χ4n) is 1.69. The lowest BCUT2D eigenvalue weighted by Gasteiger charge is -2.02. The third-order valence-electron chi connectivity index (χ3n) is 2.54. The number of aromatic nitrogens is 3. The molecule has 0 amide bonds. The molecule has 0 atom stereocenters. The molecule has 90 valence electrons. The lowest BCUT2D eigenvalue weighted by Crippen LogP contribution is -1.98. The summed E-state index contributed by atoms with van der Waals surface area (Å²) in [7, 11) is 0. The molecule has 2 aromatic carbocycles. The molecular formula is C12H9N3O3. The zero-order valence-electron chi connectivity index (χ0n) is 9.15. The first-order valence-electron chi connectivity index (χ1n) is 5.22. The highest BCUT2D eigenvalue weighted by Gasteiger charge is 2.09. The van der Waals surface area contributed by atoms with Crippen molar-refractivity contribution >= 4 is 11.0 Å².